The molecule has 0 aromatic heterocycles. The second kappa shape index (κ2) is 7.26. The minimum Gasteiger partial charge on any atom is -0.375 e. The molecule has 2 aliphatic heterocycles. The molecule has 0 bridgehead atoms. The summed E-state index contributed by atoms with van der Waals surface area (Å²) in [6.45, 7) is 0.509. The number of aliphatic hydroxyl groups is 1. The first-order valence-corrected chi connectivity index (χ1v) is 11.4. The number of fused-ring (bicyclic) bond motifs is 5. The van der Waals surface area contributed by atoms with Crippen molar-refractivity contribution in [1.29, 1.82) is 0 Å². The maximum Gasteiger partial charge on any atom is 0.258 e. The van der Waals surface area contributed by atoms with Crippen LogP contribution in [0.4, 0.5) is 0 Å². The number of hydrogen-bond acceptors (Lipinski definition) is 3. The van der Waals surface area contributed by atoms with Crippen LogP contribution in [0.1, 0.15) is 47.2 Å². The van der Waals surface area contributed by atoms with E-state index in [0.717, 1.165) is 24.8 Å². The standard InChI is InChI=1S/C22H19Cl4NO3/c23-16-14-15(17(24)19(26)18(16)25)22(29)21(12-6-2-1-3-7-12)9-5-4-8-13(21)30-11-10-27(22)20(14)28/h1-3,6-7,13,29H,4-5,8-11H2/t13?,21-,22+/m1/s1. The summed E-state index contributed by atoms with van der Waals surface area (Å²) in [7, 11) is 0. The average molecular weight is 487 g/mol. The lowest BCUT2D eigenvalue weighted by Crippen LogP contribution is -2.63. The van der Waals surface area contributed by atoms with Gasteiger partial charge in [-0.3, -0.25) is 4.79 Å². The van der Waals surface area contributed by atoms with Gasteiger partial charge in [0.1, 0.15) is 0 Å². The lowest BCUT2D eigenvalue weighted by molar-refractivity contribution is -0.172. The molecule has 2 heterocycles. The number of carbonyl (C=O) groups is 1. The summed E-state index contributed by atoms with van der Waals surface area (Å²) in [5.74, 6) is -0.414. The van der Waals surface area contributed by atoms with Crippen LogP contribution in [0.2, 0.25) is 20.1 Å². The van der Waals surface area contributed by atoms with Gasteiger partial charge in [0.05, 0.1) is 43.8 Å². The van der Waals surface area contributed by atoms with Crippen LogP contribution in [0.25, 0.3) is 0 Å². The van der Waals surface area contributed by atoms with Gasteiger partial charge in [-0.15, -0.1) is 0 Å². The number of ether oxygens (including phenoxy) is 1. The van der Waals surface area contributed by atoms with Crippen molar-refractivity contribution in [3.63, 3.8) is 0 Å². The summed E-state index contributed by atoms with van der Waals surface area (Å²) in [5, 5.41) is 12.7. The fraction of sp³-hybridized carbons (Fsp3) is 0.409. The van der Waals surface area contributed by atoms with Gasteiger partial charge in [-0.05, 0) is 18.4 Å². The first-order valence-electron chi connectivity index (χ1n) is 9.93. The number of carbonyl (C=O) groups excluding carboxylic acids is 1. The van der Waals surface area contributed by atoms with Gasteiger partial charge in [-0.2, -0.15) is 0 Å². The highest BCUT2D eigenvalue weighted by atomic mass is 35.5. The van der Waals surface area contributed by atoms with E-state index in [1.807, 2.05) is 30.3 Å². The molecule has 2 aromatic carbocycles. The fourth-order valence-electron chi connectivity index (χ4n) is 5.62. The zero-order valence-electron chi connectivity index (χ0n) is 15.9. The molecule has 4 nitrogen and oxygen atoms in total. The Hall–Kier alpha value is -1.01. The normalized spacial score (nSPS) is 30.5. The largest absolute Gasteiger partial charge is 0.375 e. The van der Waals surface area contributed by atoms with Crippen molar-refractivity contribution in [2.75, 3.05) is 13.2 Å². The molecule has 1 unspecified atom stereocenters. The minimum atomic E-state index is -1.77. The van der Waals surface area contributed by atoms with E-state index < -0.39 is 17.0 Å². The predicted molar refractivity (Wildman–Crippen MR) is 118 cm³/mol. The van der Waals surface area contributed by atoms with Gasteiger partial charge in [0, 0.05) is 12.1 Å². The summed E-state index contributed by atoms with van der Waals surface area (Å²) in [6, 6.07) is 9.72. The summed E-state index contributed by atoms with van der Waals surface area (Å²) < 4.78 is 6.26. The predicted octanol–water partition coefficient (Wildman–Crippen LogP) is 5.81. The molecule has 2 fully saturated rings. The Labute approximate surface area is 194 Å². The summed E-state index contributed by atoms with van der Waals surface area (Å²) in [5.41, 5.74) is -1.44. The van der Waals surface area contributed by atoms with Gasteiger partial charge in [0.2, 0.25) is 0 Å². The van der Waals surface area contributed by atoms with E-state index in [1.165, 1.54) is 4.90 Å². The Morgan fingerprint density at radius 3 is 2.43 bits per heavy atom. The second-order valence-electron chi connectivity index (χ2n) is 8.08. The third-order valence-electron chi connectivity index (χ3n) is 6.85. The molecule has 2 aromatic rings. The molecule has 3 atom stereocenters. The zero-order valence-corrected chi connectivity index (χ0v) is 19.0. The van der Waals surface area contributed by atoms with Crippen LogP contribution >= 0.6 is 46.4 Å². The molecule has 0 radical (unpaired) electrons. The van der Waals surface area contributed by atoms with Crippen LogP contribution in [0.5, 0.6) is 0 Å². The monoisotopic (exact) mass is 485 g/mol. The number of nitrogens with zero attached hydrogens (tertiary/aromatic N) is 1. The Kier molecular flexibility index (Phi) is 5.05. The third-order valence-corrected chi connectivity index (χ3v) is 8.65. The number of hydrogen-bond donors (Lipinski definition) is 1. The second-order valence-corrected chi connectivity index (χ2v) is 9.59. The van der Waals surface area contributed by atoms with Crippen molar-refractivity contribution in [2.45, 2.75) is 42.9 Å². The van der Waals surface area contributed by atoms with Crippen molar-refractivity contribution >= 4 is 52.3 Å². The minimum absolute atomic E-state index is 0.0156. The molecule has 1 aliphatic carbocycles. The van der Waals surface area contributed by atoms with Crippen LogP contribution < -0.4 is 0 Å². The van der Waals surface area contributed by atoms with Crippen LogP contribution in [-0.2, 0) is 15.9 Å². The molecule has 30 heavy (non-hydrogen) atoms. The van der Waals surface area contributed by atoms with Crippen LogP contribution in [-0.4, -0.2) is 35.2 Å². The summed E-state index contributed by atoms with van der Waals surface area (Å²) in [6.07, 6.45) is 2.94. The molecular formula is C22H19Cl4NO3. The molecule has 158 valence electrons. The number of halogens is 4. The first kappa shape index (κ1) is 20.9. The van der Waals surface area contributed by atoms with Crippen LogP contribution in [0.3, 0.4) is 0 Å². The van der Waals surface area contributed by atoms with E-state index in [0.29, 0.717) is 13.0 Å². The van der Waals surface area contributed by atoms with Gasteiger partial charge < -0.3 is 14.7 Å². The van der Waals surface area contributed by atoms with E-state index in [4.69, 9.17) is 51.1 Å². The molecule has 0 spiro atoms. The molecule has 1 saturated heterocycles. The van der Waals surface area contributed by atoms with Crippen molar-refractivity contribution < 1.29 is 14.6 Å². The third kappa shape index (κ3) is 2.47. The van der Waals surface area contributed by atoms with E-state index >= 15 is 0 Å². The van der Waals surface area contributed by atoms with Crippen molar-refractivity contribution in [1.82, 2.24) is 4.90 Å². The van der Waals surface area contributed by atoms with E-state index in [9.17, 15) is 9.90 Å². The van der Waals surface area contributed by atoms with Gasteiger partial charge in [-0.25, -0.2) is 0 Å². The summed E-state index contributed by atoms with van der Waals surface area (Å²) >= 11 is 25.8. The van der Waals surface area contributed by atoms with E-state index in [1.54, 1.807) is 0 Å². The SMILES string of the molecule is O=C1c2c(Cl)c(Cl)c(Cl)c(Cl)c2[C@@]2(O)N1CCOC1CCCC[C@@]12c1ccccc1. The molecule has 1 N–H and O–H groups in total. The Morgan fingerprint density at radius 2 is 1.70 bits per heavy atom. The first-order chi connectivity index (χ1) is 14.4. The zero-order chi connectivity index (χ0) is 21.3. The van der Waals surface area contributed by atoms with Crippen molar-refractivity contribution in [3.8, 4) is 0 Å². The smallest absolute Gasteiger partial charge is 0.258 e. The van der Waals surface area contributed by atoms with Gasteiger partial charge in [0.25, 0.3) is 5.91 Å². The summed E-state index contributed by atoms with van der Waals surface area (Å²) in [4.78, 5) is 15.0. The number of rotatable bonds is 1. The quantitative estimate of drug-likeness (QED) is 0.408. The van der Waals surface area contributed by atoms with Crippen molar-refractivity contribution in [3.05, 3.63) is 67.1 Å². The highest BCUT2D eigenvalue weighted by Gasteiger charge is 2.68. The van der Waals surface area contributed by atoms with Gasteiger partial charge in [0.15, 0.2) is 5.72 Å². The molecular weight excluding hydrogens is 468 g/mol. The Morgan fingerprint density at radius 1 is 1.00 bits per heavy atom. The van der Waals surface area contributed by atoms with Crippen LogP contribution in [0.15, 0.2) is 30.3 Å². The van der Waals surface area contributed by atoms with Crippen LogP contribution in [0, 0.1) is 0 Å². The van der Waals surface area contributed by atoms with Gasteiger partial charge >= 0.3 is 0 Å². The fourth-order valence-corrected chi connectivity index (χ4v) is 6.69. The average Bonchev–Trinajstić information content (AvgIpc) is 2.90. The number of amides is 1. The Balaban J connectivity index is 1.91. The highest BCUT2D eigenvalue weighted by Crippen LogP contribution is 2.62. The lowest BCUT2D eigenvalue weighted by Gasteiger charge is -2.53. The maximum atomic E-state index is 13.5. The molecule has 3 aliphatic rings. The number of benzene rings is 2. The van der Waals surface area contributed by atoms with E-state index in [2.05, 4.69) is 0 Å². The topological polar surface area (TPSA) is 49.8 Å². The van der Waals surface area contributed by atoms with Gasteiger partial charge in [-0.1, -0.05) is 89.6 Å². The maximum absolute atomic E-state index is 13.5. The lowest BCUT2D eigenvalue weighted by atomic mass is 9.59. The molecule has 1 saturated carbocycles. The molecule has 8 heteroatoms. The van der Waals surface area contributed by atoms with Crippen molar-refractivity contribution in [2.24, 2.45) is 0 Å². The highest BCUT2D eigenvalue weighted by molar-refractivity contribution is 6.53. The van der Waals surface area contributed by atoms with E-state index in [-0.39, 0.29) is 43.9 Å². The molecule has 1 amide bonds. The molecule has 5 rings (SSSR count). The Bertz CT molecular complexity index is 1050.